The molecule has 1 aromatic heterocycles. The minimum Gasteiger partial charge on any atom is -0.575 e. The van der Waals surface area contributed by atoms with Crippen LogP contribution in [0, 0.1) is 6.92 Å². The molecule has 0 aliphatic heterocycles. The molecule has 0 radical (unpaired) electrons. The number of esters is 1. The third-order valence-electron chi connectivity index (χ3n) is 4.83. The Balaban J connectivity index is 1.92. The molecule has 0 aliphatic carbocycles. The van der Waals surface area contributed by atoms with E-state index in [1.807, 2.05) is 12.1 Å². The largest absolute Gasteiger partial charge is 0.575 e. The van der Waals surface area contributed by atoms with Crippen LogP contribution in [0.1, 0.15) is 42.4 Å². The third kappa shape index (κ3) is 5.87. The van der Waals surface area contributed by atoms with E-state index in [-0.39, 0.29) is 35.5 Å². The van der Waals surface area contributed by atoms with Gasteiger partial charge in [-0.25, -0.2) is 4.79 Å². The first-order valence-corrected chi connectivity index (χ1v) is 11.7. The zero-order chi connectivity index (χ0) is 24.8. The van der Waals surface area contributed by atoms with Crippen molar-refractivity contribution in [2.45, 2.75) is 46.4 Å². The van der Waals surface area contributed by atoms with Crippen LogP contribution >= 0.6 is 8.17 Å². The molecule has 2 aromatic carbocycles. The number of fused-ring (bicyclic) bond motifs is 1. The molecule has 2 atom stereocenters. The summed E-state index contributed by atoms with van der Waals surface area (Å²) in [4.78, 5) is 40.2. The maximum Gasteiger partial charge on any atom is 0.395 e. The summed E-state index contributed by atoms with van der Waals surface area (Å²) in [7, 11) is -2.64. The predicted octanol–water partition coefficient (Wildman–Crippen LogP) is 4.22. The number of nitrogens with zero attached hydrogens (tertiary/aromatic N) is 2. The smallest absolute Gasteiger partial charge is 0.395 e. The molecule has 0 bridgehead atoms. The summed E-state index contributed by atoms with van der Waals surface area (Å²) >= 11 is 0. The molecule has 178 valence electrons. The van der Waals surface area contributed by atoms with Crippen LogP contribution in [0.5, 0.6) is 17.2 Å². The van der Waals surface area contributed by atoms with E-state index in [0.29, 0.717) is 22.9 Å². The van der Waals surface area contributed by atoms with Gasteiger partial charge < -0.3 is 19.5 Å². The molecule has 1 unspecified atom stereocenters. The molecule has 10 heteroatoms. The molecule has 0 amide bonds. The number of rotatable bonds is 9. The molecule has 3 aromatic rings. The number of hydrogen-bond acceptors (Lipinski definition) is 9. The van der Waals surface area contributed by atoms with Crippen LogP contribution < -0.4 is 14.2 Å². The molecular weight excluding hydrogens is 459 g/mol. The van der Waals surface area contributed by atoms with Crippen molar-refractivity contribution >= 4 is 31.2 Å². The van der Waals surface area contributed by atoms with Gasteiger partial charge in [0.25, 0.3) is 0 Å². The van der Waals surface area contributed by atoms with E-state index < -0.39 is 20.2 Å². The average Bonchev–Trinajstić information content (AvgIpc) is 2.80. The van der Waals surface area contributed by atoms with Gasteiger partial charge in [-0.05, 0) is 39.1 Å². The highest BCUT2D eigenvalue weighted by molar-refractivity contribution is 7.34. The molecule has 0 fully saturated rings. The highest BCUT2D eigenvalue weighted by Crippen LogP contribution is 2.40. The lowest BCUT2D eigenvalue weighted by atomic mass is 10.1. The molecule has 3 rings (SSSR count). The van der Waals surface area contributed by atoms with Crippen LogP contribution in [0.2, 0.25) is 0 Å². The minimum atomic E-state index is -2.64. The molecule has 0 aliphatic rings. The lowest BCUT2D eigenvalue weighted by molar-refractivity contribution is -0.170. The fraction of sp³-hybridized carbons (Fsp3) is 0.292. The van der Waals surface area contributed by atoms with E-state index in [4.69, 9.17) is 14.0 Å². The number of carbonyl (C=O) groups is 2. The van der Waals surface area contributed by atoms with E-state index >= 15 is 0 Å². The van der Waals surface area contributed by atoms with Crippen molar-refractivity contribution in [1.82, 2.24) is 4.98 Å². The lowest BCUT2D eigenvalue weighted by Gasteiger charge is -2.14. The number of aromatic nitrogens is 1. The zero-order valence-electron chi connectivity index (χ0n) is 19.2. The first-order valence-electron chi connectivity index (χ1n) is 10.5. The summed E-state index contributed by atoms with van der Waals surface area (Å²) in [5.41, 5.74) is 0.773. The topological polar surface area (TPSA) is 130 Å². The van der Waals surface area contributed by atoms with E-state index in [2.05, 4.69) is 9.73 Å². The molecule has 1 N–H and O–H groups in total. The van der Waals surface area contributed by atoms with Crippen LogP contribution in [0.15, 0.2) is 47.3 Å². The number of aldehydes is 1. The highest BCUT2D eigenvalue weighted by Gasteiger charge is 2.22. The Bertz CT molecular complexity index is 1240. The number of aromatic hydroxyl groups is 1. The van der Waals surface area contributed by atoms with E-state index in [1.54, 1.807) is 45.0 Å². The van der Waals surface area contributed by atoms with Gasteiger partial charge in [-0.1, -0.05) is 35.1 Å². The Labute approximate surface area is 198 Å². The number of carbonyl (C=O) groups excluding carboxylic acids is 2. The second-order valence-corrected chi connectivity index (χ2v) is 8.65. The Kier molecular flexibility index (Phi) is 8.15. The van der Waals surface area contributed by atoms with Gasteiger partial charge >= 0.3 is 14.1 Å². The summed E-state index contributed by atoms with van der Waals surface area (Å²) in [5, 5.41) is 11.5. The van der Waals surface area contributed by atoms with Gasteiger partial charge in [0.1, 0.15) is 12.4 Å². The van der Waals surface area contributed by atoms with Gasteiger partial charge in [0, 0.05) is 17.1 Å². The highest BCUT2D eigenvalue weighted by atomic mass is 31.1. The number of benzene rings is 2. The Hall–Kier alpha value is -3.55. The number of hydrogen-bond donors (Lipinski definition) is 1. The number of aryl methyl sites for hydroxylation is 1. The molecular formula is C24H25N2O7P. The van der Waals surface area contributed by atoms with Crippen LogP contribution in [0.3, 0.4) is 0 Å². The maximum atomic E-state index is 12.7. The maximum absolute atomic E-state index is 12.7. The van der Waals surface area contributed by atoms with Gasteiger partial charge in [-0.2, -0.15) is 0 Å². The Morgan fingerprint density at radius 3 is 2.68 bits per heavy atom. The third-order valence-corrected chi connectivity index (χ3v) is 5.71. The molecule has 1 heterocycles. The summed E-state index contributed by atoms with van der Waals surface area (Å²) < 4.78 is 20.5. The molecule has 0 saturated heterocycles. The normalized spacial score (nSPS) is 12.5. The number of ether oxygens (including phenoxy) is 2. The van der Waals surface area contributed by atoms with Crippen LogP contribution in [0.25, 0.3) is 10.8 Å². The SMILES string of the molecule is Cc1ncc(COc2ccc3ccccc3c2O[P+]([O-])=N[C@@H](C)C(=O)OC(C)C)c(C=O)c1O. The Morgan fingerprint density at radius 1 is 1.24 bits per heavy atom. The first-order chi connectivity index (χ1) is 16.2. The summed E-state index contributed by atoms with van der Waals surface area (Å²) in [6, 6.07) is 9.71. The van der Waals surface area contributed by atoms with Crippen molar-refractivity contribution in [1.29, 1.82) is 0 Å². The van der Waals surface area contributed by atoms with E-state index in [9.17, 15) is 19.6 Å². The van der Waals surface area contributed by atoms with Crippen molar-refractivity contribution in [3.8, 4) is 17.2 Å². The lowest BCUT2D eigenvalue weighted by Crippen LogP contribution is -2.21. The van der Waals surface area contributed by atoms with Crippen molar-refractivity contribution in [2.75, 3.05) is 0 Å². The minimum absolute atomic E-state index is 0.0781. The Morgan fingerprint density at radius 2 is 1.97 bits per heavy atom. The van der Waals surface area contributed by atoms with Crippen LogP contribution in [-0.4, -0.2) is 34.5 Å². The second-order valence-electron chi connectivity index (χ2n) is 7.76. The second kappa shape index (κ2) is 11.0. The van der Waals surface area contributed by atoms with Crippen molar-refractivity contribution in [2.24, 2.45) is 4.74 Å². The standard InChI is InChI=1S/C24H25N2O7P/c1-14(2)32-24(29)16(4)26-34(30)33-23-19-8-6-5-7-17(19)9-10-21(23)31-13-18-11-25-15(3)22(28)20(18)12-27/h5-12,14,16,28H,13H2,1-4H3/t16-/m0/s1. The molecule has 34 heavy (non-hydrogen) atoms. The first kappa shape index (κ1) is 25.1. The monoisotopic (exact) mass is 484 g/mol. The fourth-order valence-corrected chi connectivity index (χ4v) is 3.88. The average molecular weight is 484 g/mol. The summed E-state index contributed by atoms with van der Waals surface area (Å²) in [6.45, 7) is 6.37. The summed E-state index contributed by atoms with van der Waals surface area (Å²) in [6.07, 6.45) is 1.65. The van der Waals surface area contributed by atoms with Crippen LogP contribution in [-0.2, 0) is 16.1 Å². The molecule has 0 spiro atoms. The van der Waals surface area contributed by atoms with Crippen molar-refractivity contribution < 1.29 is 33.6 Å². The number of pyridine rings is 1. The van der Waals surface area contributed by atoms with Gasteiger partial charge in [-0.3, -0.25) is 14.3 Å². The summed E-state index contributed by atoms with van der Waals surface area (Å²) in [5.74, 6) is -0.407. The zero-order valence-corrected chi connectivity index (χ0v) is 20.1. The quantitative estimate of drug-likeness (QED) is 0.271. The van der Waals surface area contributed by atoms with Gasteiger partial charge in [-0.15, -0.1) is 0 Å². The molecule has 0 saturated carbocycles. The van der Waals surface area contributed by atoms with Gasteiger partial charge in [0.05, 0.1) is 17.4 Å². The van der Waals surface area contributed by atoms with Gasteiger partial charge in [0.15, 0.2) is 18.1 Å². The van der Waals surface area contributed by atoms with Crippen molar-refractivity contribution in [3.63, 3.8) is 0 Å². The van der Waals surface area contributed by atoms with Crippen LogP contribution in [0.4, 0.5) is 0 Å². The predicted molar refractivity (Wildman–Crippen MR) is 125 cm³/mol. The van der Waals surface area contributed by atoms with Gasteiger partial charge in [0.2, 0.25) is 5.75 Å². The van der Waals surface area contributed by atoms with Crippen molar-refractivity contribution in [3.05, 3.63) is 59.4 Å². The van der Waals surface area contributed by atoms with E-state index in [1.165, 1.54) is 13.1 Å². The molecule has 9 nitrogen and oxygen atoms in total. The fourth-order valence-electron chi connectivity index (χ4n) is 3.11. The van der Waals surface area contributed by atoms with E-state index in [0.717, 1.165) is 5.39 Å².